The summed E-state index contributed by atoms with van der Waals surface area (Å²) < 4.78 is 6.44. The van der Waals surface area contributed by atoms with Gasteiger partial charge < -0.3 is 9.84 Å². The molecule has 6 nitrogen and oxygen atoms in total. The van der Waals surface area contributed by atoms with Crippen LogP contribution in [0.3, 0.4) is 0 Å². The van der Waals surface area contributed by atoms with Crippen molar-refractivity contribution >= 4 is 5.97 Å². The first-order valence-corrected chi connectivity index (χ1v) is 7.39. The molecule has 0 saturated carbocycles. The van der Waals surface area contributed by atoms with Gasteiger partial charge in [0.05, 0.1) is 12.8 Å². The zero-order valence-corrected chi connectivity index (χ0v) is 13.3. The lowest BCUT2D eigenvalue weighted by atomic mass is 9.89. The van der Waals surface area contributed by atoms with Gasteiger partial charge in [0.15, 0.2) is 5.54 Å². The second-order valence-electron chi connectivity index (χ2n) is 6.12. The van der Waals surface area contributed by atoms with Crippen molar-refractivity contribution in [2.75, 3.05) is 7.11 Å². The number of aliphatic carboxylic acids is 1. The van der Waals surface area contributed by atoms with Gasteiger partial charge in [0.2, 0.25) is 0 Å². The van der Waals surface area contributed by atoms with Crippen LogP contribution in [0.15, 0.2) is 29.1 Å². The van der Waals surface area contributed by atoms with Gasteiger partial charge in [-0.05, 0) is 38.3 Å². The Balaban J connectivity index is 2.26. The van der Waals surface area contributed by atoms with Crippen molar-refractivity contribution in [1.29, 1.82) is 0 Å². The van der Waals surface area contributed by atoms with E-state index < -0.39 is 17.1 Å². The second-order valence-corrected chi connectivity index (χ2v) is 6.12. The number of hydrogen-bond donors (Lipinski definition) is 1. The van der Waals surface area contributed by atoms with Gasteiger partial charge in [0, 0.05) is 17.2 Å². The highest BCUT2D eigenvalue weighted by molar-refractivity contribution is 5.76. The third kappa shape index (κ3) is 2.30. The topological polar surface area (TPSA) is 81.4 Å². The van der Waals surface area contributed by atoms with Crippen molar-refractivity contribution in [2.24, 2.45) is 0 Å². The van der Waals surface area contributed by atoms with Crippen molar-refractivity contribution in [2.45, 2.75) is 32.2 Å². The molecule has 0 spiro atoms. The zero-order valence-electron chi connectivity index (χ0n) is 13.3. The largest absolute Gasteiger partial charge is 0.496 e. The Morgan fingerprint density at radius 1 is 1.35 bits per heavy atom. The van der Waals surface area contributed by atoms with E-state index in [-0.39, 0.29) is 0 Å². The minimum Gasteiger partial charge on any atom is -0.496 e. The highest BCUT2D eigenvalue weighted by Gasteiger charge is 2.33. The molecule has 0 amide bonds. The van der Waals surface area contributed by atoms with E-state index in [1.165, 1.54) is 19.9 Å². The average molecular weight is 314 g/mol. The summed E-state index contributed by atoms with van der Waals surface area (Å²) in [5.74, 6) is -0.320. The Morgan fingerprint density at radius 3 is 2.74 bits per heavy atom. The summed E-state index contributed by atoms with van der Waals surface area (Å²) in [6.45, 7) is 2.93. The molecule has 3 rings (SSSR count). The molecular weight excluding hydrogens is 296 g/mol. The summed E-state index contributed by atoms with van der Waals surface area (Å²) in [5.41, 5.74) is 1.60. The number of benzene rings is 1. The van der Waals surface area contributed by atoms with E-state index >= 15 is 0 Å². The fourth-order valence-corrected chi connectivity index (χ4v) is 2.90. The number of fused-ring (bicyclic) bond motifs is 3. The summed E-state index contributed by atoms with van der Waals surface area (Å²) >= 11 is 0. The molecule has 1 aromatic heterocycles. The predicted molar refractivity (Wildman–Crippen MR) is 84.9 cm³/mol. The van der Waals surface area contributed by atoms with Gasteiger partial charge in [-0.25, -0.2) is 9.48 Å². The molecule has 0 fully saturated rings. The highest BCUT2D eigenvalue weighted by Crippen LogP contribution is 2.36. The lowest BCUT2D eigenvalue weighted by Gasteiger charge is -2.25. The first-order valence-electron chi connectivity index (χ1n) is 7.39. The molecule has 2 aromatic rings. The minimum atomic E-state index is -1.41. The molecule has 120 valence electrons. The Kier molecular flexibility index (Phi) is 3.47. The molecule has 0 aliphatic heterocycles. The van der Waals surface area contributed by atoms with E-state index in [1.54, 1.807) is 7.11 Å². The molecular formula is C17H18N2O4. The molecule has 6 heteroatoms. The summed E-state index contributed by atoms with van der Waals surface area (Å²) in [6.07, 6.45) is 1.44. The number of aromatic nitrogens is 2. The Labute approximate surface area is 133 Å². The van der Waals surface area contributed by atoms with Gasteiger partial charge in [0.25, 0.3) is 5.56 Å². The van der Waals surface area contributed by atoms with E-state index in [2.05, 4.69) is 5.10 Å². The lowest BCUT2D eigenvalue weighted by molar-refractivity contribution is -0.146. The van der Waals surface area contributed by atoms with Crippen molar-refractivity contribution in [3.8, 4) is 17.0 Å². The second kappa shape index (κ2) is 5.22. The van der Waals surface area contributed by atoms with E-state index in [0.29, 0.717) is 12.1 Å². The first kappa shape index (κ1) is 15.3. The van der Waals surface area contributed by atoms with Crippen LogP contribution in [-0.2, 0) is 23.2 Å². The van der Waals surface area contributed by atoms with Gasteiger partial charge in [-0.1, -0.05) is 12.1 Å². The van der Waals surface area contributed by atoms with Crippen LogP contribution in [0.5, 0.6) is 5.75 Å². The number of carboxylic acid groups (broad SMARTS) is 1. The summed E-state index contributed by atoms with van der Waals surface area (Å²) in [7, 11) is 1.62. The van der Waals surface area contributed by atoms with Gasteiger partial charge in [-0.2, -0.15) is 5.10 Å². The quantitative estimate of drug-likeness (QED) is 0.935. The molecule has 0 radical (unpaired) electrons. The third-order valence-corrected chi connectivity index (χ3v) is 4.32. The maximum atomic E-state index is 12.3. The van der Waals surface area contributed by atoms with Gasteiger partial charge in [-0.3, -0.25) is 4.79 Å². The zero-order chi connectivity index (χ0) is 16.8. The Hall–Kier alpha value is -2.63. The molecule has 1 aliphatic carbocycles. The molecule has 23 heavy (non-hydrogen) atoms. The van der Waals surface area contributed by atoms with Gasteiger partial charge in [-0.15, -0.1) is 0 Å². The Morgan fingerprint density at radius 2 is 2.09 bits per heavy atom. The normalized spacial score (nSPS) is 13.2. The van der Waals surface area contributed by atoms with Crippen LogP contribution >= 0.6 is 0 Å². The molecule has 1 heterocycles. The standard InChI is InChI=1S/C17H18N2O4/c1-17(2,16(21)22)19-14(20)9-10-7-8-11-12(15(10)18-19)5-4-6-13(11)23-3/h4-6,9H,7-8H2,1-3H3,(H,21,22). The average Bonchev–Trinajstić information content (AvgIpc) is 2.52. The number of nitrogens with zero attached hydrogens (tertiary/aromatic N) is 2. The van der Waals surface area contributed by atoms with Crippen LogP contribution in [0.1, 0.15) is 25.0 Å². The van der Waals surface area contributed by atoms with Crippen LogP contribution in [0.4, 0.5) is 0 Å². The first-order chi connectivity index (χ1) is 10.9. The number of carbonyl (C=O) groups is 1. The molecule has 0 atom stereocenters. The number of methoxy groups -OCH3 is 1. The molecule has 1 aromatic carbocycles. The number of ether oxygens (including phenoxy) is 1. The smallest absolute Gasteiger partial charge is 0.331 e. The highest BCUT2D eigenvalue weighted by atomic mass is 16.5. The predicted octanol–water partition coefficient (Wildman–Crippen LogP) is 1.84. The minimum absolute atomic E-state index is 0.400. The van der Waals surface area contributed by atoms with Crippen LogP contribution in [0.2, 0.25) is 0 Å². The number of hydrogen-bond acceptors (Lipinski definition) is 4. The maximum Gasteiger partial charge on any atom is 0.331 e. The monoisotopic (exact) mass is 314 g/mol. The van der Waals surface area contributed by atoms with Crippen molar-refractivity contribution < 1.29 is 14.6 Å². The summed E-state index contributed by atoms with van der Waals surface area (Å²) in [6, 6.07) is 7.17. The van der Waals surface area contributed by atoms with Gasteiger partial charge in [0.1, 0.15) is 5.75 Å². The summed E-state index contributed by atoms with van der Waals surface area (Å²) in [5, 5.41) is 13.8. The van der Waals surface area contributed by atoms with Crippen molar-refractivity contribution in [3.05, 3.63) is 45.7 Å². The summed E-state index contributed by atoms with van der Waals surface area (Å²) in [4.78, 5) is 23.8. The Bertz CT molecular complexity index is 852. The molecule has 1 N–H and O–H groups in total. The molecule has 0 unspecified atom stereocenters. The van der Waals surface area contributed by atoms with Crippen molar-refractivity contribution in [3.63, 3.8) is 0 Å². The van der Waals surface area contributed by atoms with Gasteiger partial charge >= 0.3 is 5.97 Å². The van der Waals surface area contributed by atoms with Crippen LogP contribution in [-0.4, -0.2) is 28.0 Å². The fourth-order valence-electron chi connectivity index (χ4n) is 2.90. The number of carboxylic acids is 1. The van der Waals surface area contributed by atoms with Crippen LogP contribution < -0.4 is 10.3 Å². The van der Waals surface area contributed by atoms with E-state index in [4.69, 9.17) is 4.74 Å². The molecule has 0 bridgehead atoms. The van der Waals surface area contributed by atoms with E-state index in [9.17, 15) is 14.7 Å². The van der Waals surface area contributed by atoms with Crippen molar-refractivity contribution in [1.82, 2.24) is 9.78 Å². The number of aryl methyl sites for hydroxylation is 1. The van der Waals surface area contributed by atoms with E-state index in [0.717, 1.165) is 33.5 Å². The SMILES string of the molecule is COc1cccc2c1CCc1cc(=O)n(C(C)(C)C(=O)O)nc1-2. The van der Waals surface area contributed by atoms with E-state index in [1.807, 2.05) is 18.2 Å². The lowest BCUT2D eigenvalue weighted by Crippen LogP contribution is -2.44. The van der Waals surface area contributed by atoms with Crippen LogP contribution in [0.25, 0.3) is 11.3 Å². The molecule has 1 aliphatic rings. The number of rotatable bonds is 3. The fraction of sp³-hybridized carbons (Fsp3) is 0.353. The van der Waals surface area contributed by atoms with Crippen LogP contribution in [0, 0.1) is 0 Å². The third-order valence-electron chi connectivity index (χ3n) is 4.32. The molecule has 0 saturated heterocycles. The maximum absolute atomic E-state index is 12.3.